The lowest BCUT2D eigenvalue weighted by Crippen LogP contribution is -2.24. The molecule has 0 bridgehead atoms. The van der Waals surface area contributed by atoms with E-state index in [-0.39, 0.29) is 23.0 Å². The molecule has 8 heteroatoms. The highest BCUT2D eigenvalue weighted by Gasteiger charge is 2.09. The Bertz CT molecular complexity index is 952. The number of halogens is 1. The Kier molecular flexibility index (Phi) is 6.69. The molecule has 0 saturated carbocycles. The van der Waals surface area contributed by atoms with Crippen molar-refractivity contribution in [3.63, 3.8) is 0 Å². The number of carbonyl (C=O) groups is 2. The van der Waals surface area contributed by atoms with Gasteiger partial charge in [0.05, 0.1) is 5.75 Å². The first kappa shape index (κ1) is 19.5. The summed E-state index contributed by atoms with van der Waals surface area (Å²) in [6.07, 6.45) is 0. The van der Waals surface area contributed by atoms with Crippen molar-refractivity contribution in [3.8, 4) is 0 Å². The minimum atomic E-state index is -0.490. The summed E-state index contributed by atoms with van der Waals surface area (Å²) >= 11 is 1.24. The van der Waals surface area contributed by atoms with Gasteiger partial charge >= 0.3 is 0 Å². The molecule has 3 aromatic rings. The molecule has 0 aliphatic rings. The van der Waals surface area contributed by atoms with Crippen LogP contribution in [-0.2, 0) is 11.3 Å². The SMILES string of the molecule is O=C(CSc1ccc(NC(=O)c2cccc(F)c2)nn1)NCc1ccccc1. The van der Waals surface area contributed by atoms with Crippen LogP contribution in [0, 0.1) is 5.82 Å². The molecule has 142 valence electrons. The molecule has 6 nitrogen and oxygen atoms in total. The minimum absolute atomic E-state index is 0.112. The Morgan fingerprint density at radius 2 is 1.79 bits per heavy atom. The minimum Gasteiger partial charge on any atom is -0.351 e. The molecule has 0 radical (unpaired) electrons. The third kappa shape index (κ3) is 5.88. The predicted octanol–water partition coefficient (Wildman–Crippen LogP) is 3.28. The van der Waals surface area contributed by atoms with Crippen LogP contribution in [0.4, 0.5) is 10.2 Å². The van der Waals surface area contributed by atoms with E-state index in [1.165, 1.54) is 30.0 Å². The average molecular weight is 396 g/mol. The summed E-state index contributed by atoms with van der Waals surface area (Å²) in [4.78, 5) is 24.0. The Morgan fingerprint density at radius 1 is 0.964 bits per heavy atom. The van der Waals surface area contributed by atoms with Crippen LogP contribution in [0.3, 0.4) is 0 Å². The Morgan fingerprint density at radius 3 is 2.50 bits per heavy atom. The zero-order valence-electron chi connectivity index (χ0n) is 14.8. The maximum Gasteiger partial charge on any atom is 0.256 e. The average Bonchev–Trinajstić information content (AvgIpc) is 2.72. The van der Waals surface area contributed by atoms with Gasteiger partial charge in [0.25, 0.3) is 5.91 Å². The normalized spacial score (nSPS) is 10.3. The predicted molar refractivity (Wildman–Crippen MR) is 105 cm³/mol. The molecule has 1 heterocycles. The Balaban J connectivity index is 1.46. The van der Waals surface area contributed by atoms with Crippen molar-refractivity contribution in [3.05, 3.63) is 83.7 Å². The van der Waals surface area contributed by atoms with Crippen LogP contribution in [-0.4, -0.2) is 27.8 Å². The van der Waals surface area contributed by atoms with Crippen molar-refractivity contribution in [1.29, 1.82) is 0 Å². The fraction of sp³-hybridized carbons (Fsp3) is 0.100. The van der Waals surface area contributed by atoms with E-state index >= 15 is 0 Å². The summed E-state index contributed by atoms with van der Waals surface area (Å²) in [5, 5.41) is 13.8. The van der Waals surface area contributed by atoms with Gasteiger partial charge in [0.1, 0.15) is 10.8 Å². The van der Waals surface area contributed by atoms with E-state index in [2.05, 4.69) is 20.8 Å². The molecular formula is C20H17FN4O2S. The maximum absolute atomic E-state index is 13.2. The van der Waals surface area contributed by atoms with Gasteiger partial charge in [-0.25, -0.2) is 4.39 Å². The summed E-state index contributed by atoms with van der Waals surface area (Å²) in [5.41, 5.74) is 1.22. The largest absolute Gasteiger partial charge is 0.351 e. The second-order valence-corrected chi connectivity index (χ2v) is 6.77. The van der Waals surface area contributed by atoms with Crippen molar-refractivity contribution >= 4 is 29.4 Å². The lowest BCUT2D eigenvalue weighted by molar-refractivity contribution is -0.118. The van der Waals surface area contributed by atoms with Gasteiger partial charge in [-0.3, -0.25) is 9.59 Å². The van der Waals surface area contributed by atoms with E-state index in [4.69, 9.17) is 0 Å². The van der Waals surface area contributed by atoms with E-state index in [0.717, 1.165) is 11.6 Å². The van der Waals surface area contributed by atoms with Crippen LogP contribution in [0.2, 0.25) is 0 Å². The molecule has 0 saturated heterocycles. The highest BCUT2D eigenvalue weighted by molar-refractivity contribution is 7.99. The van der Waals surface area contributed by atoms with E-state index in [9.17, 15) is 14.0 Å². The number of amides is 2. The Labute approximate surface area is 165 Å². The van der Waals surface area contributed by atoms with Crippen LogP contribution in [0.15, 0.2) is 71.8 Å². The van der Waals surface area contributed by atoms with Crippen molar-refractivity contribution in [2.75, 3.05) is 11.1 Å². The molecule has 2 amide bonds. The Hall–Kier alpha value is -3.26. The number of hydrogen-bond donors (Lipinski definition) is 2. The molecule has 0 fully saturated rings. The summed E-state index contributed by atoms with van der Waals surface area (Å²) in [6.45, 7) is 0.469. The molecule has 0 spiro atoms. The number of nitrogens with zero attached hydrogens (tertiary/aromatic N) is 2. The standard InChI is InChI=1S/C20H17FN4O2S/c21-16-8-4-7-15(11-16)20(27)23-17-9-10-19(25-24-17)28-13-18(26)22-12-14-5-2-1-3-6-14/h1-11H,12-13H2,(H,22,26)(H,23,24,27). The van der Waals surface area contributed by atoms with Gasteiger partial charge in [-0.1, -0.05) is 48.2 Å². The topological polar surface area (TPSA) is 84.0 Å². The zero-order valence-corrected chi connectivity index (χ0v) is 15.6. The third-order valence-corrected chi connectivity index (χ3v) is 4.57. The van der Waals surface area contributed by atoms with Gasteiger partial charge in [0.2, 0.25) is 5.91 Å². The van der Waals surface area contributed by atoms with Crippen molar-refractivity contribution in [2.45, 2.75) is 11.6 Å². The number of rotatable bonds is 7. The van der Waals surface area contributed by atoms with Gasteiger partial charge in [0, 0.05) is 12.1 Å². The monoisotopic (exact) mass is 396 g/mol. The molecule has 3 rings (SSSR count). The lowest BCUT2D eigenvalue weighted by Gasteiger charge is -2.06. The maximum atomic E-state index is 13.2. The zero-order chi connectivity index (χ0) is 19.8. The number of nitrogens with one attached hydrogen (secondary N) is 2. The third-order valence-electron chi connectivity index (χ3n) is 3.65. The lowest BCUT2D eigenvalue weighted by atomic mass is 10.2. The van der Waals surface area contributed by atoms with E-state index < -0.39 is 11.7 Å². The summed E-state index contributed by atoms with van der Waals surface area (Å²) in [6, 6.07) is 18.2. The highest BCUT2D eigenvalue weighted by Crippen LogP contribution is 2.16. The fourth-order valence-corrected chi connectivity index (χ4v) is 2.91. The molecule has 2 aromatic carbocycles. The number of anilines is 1. The van der Waals surface area contributed by atoms with Crippen molar-refractivity contribution in [2.24, 2.45) is 0 Å². The fourth-order valence-electron chi connectivity index (χ4n) is 2.27. The van der Waals surface area contributed by atoms with Gasteiger partial charge in [-0.15, -0.1) is 10.2 Å². The highest BCUT2D eigenvalue weighted by atomic mass is 32.2. The van der Waals surface area contributed by atoms with Gasteiger partial charge < -0.3 is 10.6 Å². The van der Waals surface area contributed by atoms with Crippen LogP contribution in [0.25, 0.3) is 0 Å². The molecule has 28 heavy (non-hydrogen) atoms. The van der Waals surface area contributed by atoms with E-state index in [1.54, 1.807) is 12.1 Å². The number of carbonyl (C=O) groups excluding carboxylic acids is 2. The molecule has 0 unspecified atom stereocenters. The first-order chi connectivity index (χ1) is 13.6. The van der Waals surface area contributed by atoms with Crippen LogP contribution < -0.4 is 10.6 Å². The second kappa shape index (κ2) is 9.61. The van der Waals surface area contributed by atoms with Crippen molar-refractivity contribution < 1.29 is 14.0 Å². The number of thioether (sulfide) groups is 1. The van der Waals surface area contributed by atoms with E-state index in [0.29, 0.717) is 11.6 Å². The number of aromatic nitrogens is 2. The van der Waals surface area contributed by atoms with E-state index in [1.807, 2.05) is 30.3 Å². The van der Waals surface area contributed by atoms with Crippen LogP contribution in [0.1, 0.15) is 15.9 Å². The van der Waals surface area contributed by atoms with Gasteiger partial charge in [-0.2, -0.15) is 0 Å². The number of benzene rings is 2. The van der Waals surface area contributed by atoms with Crippen LogP contribution >= 0.6 is 11.8 Å². The summed E-state index contributed by atoms with van der Waals surface area (Å²) in [5.74, 6) is -0.631. The molecule has 0 atom stereocenters. The van der Waals surface area contributed by atoms with Gasteiger partial charge in [0.15, 0.2) is 5.82 Å². The number of hydrogen-bond acceptors (Lipinski definition) is 5. The smallest absolute Gasteiger partial charge is 0.256 e. The summed E-state index contributed by atoms with van der Waals surface area (Å²) in [7, 11) is 0. The quantitative estimate of drug-likeness (QED) is 0.599. The molecular weight excluding hydrogens is 379 g/mol. The summed E-state index contributed by atoms with van der Waals surface area (Å²) < 4.78 is 13.2. The van der Waals surface area contributed by atoms with Crippen molar-refractivity contribution in [1.82, 2.24) is 15.5 Å². The molecule has 2 N–H and O–H groups in total. The first-order valence-electron chi connectivity index (χ1n) is 8.44. The van der Waals surface area contributed by atoms with Gasteiger partial charge in [-0.05, 0) is 35.9 Å². The molecule has 0 aliphatic heterocycles. The van der Waals surface area contributed by atoms with Crippen LogP contribution in [0.5, 0.6) is 0 Å². The first-order valence-corrected chi connectivity index (χ1v) is 9.43. The molecule has 0 aliphatic carbocycles. The second-order valence-electron chi connectivity index (χ2n) is 5.77. The molecule has 1 aromatic heterocycles.